The Balaban J connectivity index is 1.81. The summed E-state index contributed by atoms with van der Waals surface area (Å²) in [6.07, 6.45) is -2.17. The molecular formula is C10H16F3NO. The molecule has 2 fully saturated rings. The fourth-order valence-corrected chi connectivity index (χ4v) is 2.43. The largest absolute Gasteiger partial charge is 0.393 e. The first-order valence-electron chi connectivity index (χ1n) is 5.45. The molecule has 0 aromatic heterocycles. The van der Waals surface area contributed by atoms with E-state index in [9.17, 15) is 13.2 Å². The molecule has 3 atom stereocenters. The first-order chi connectivity index (χ1) is 7.07. The Hall–Kier alpha value is -0.290. The Morgan fingerprint density at radius 3 is 2.40 bits per heavy atom. The summed E-state index contributed by atoms with van der Waals surface area (Å²) in [7, 11) is 0. The van der Waals surface area contributed by atoms with Gasteiger partial charge >= 0.3 is 6.18 Å². The first kappa shape index (κ1) is 11.2. The summed E-state index contributed by atoms with van der Waals surface area (Å²) in [5, 5.41) is 3.02. The van der Waals surface area contributed by atoms with E-state index in [2.05, 4.69) is 5.32 Å². The molecule has 2 saturated heterocycles. The minimum Gasteiger partial charge on any atom is -0.381 e. The maximum Gasteiger partial charge on any atom is 0.393 e. The zero-order valence-electron chi connectivity index (χ0n) is 8.52. The van der Waals surface area contributed by atoms with Gasteiger partial charge in [-0.05, 0) is 25.2 Å². The summed E-state index contributed by atoms with van der Waals surface area (Å²) in [5.74, 6) is -0.741. The van der Waals surface area contributed by atoms with Gasteiger partial charge in [-0.15, -0.1) is 0 Å². The van der Waals surface area contributed by atoms with Crippen LogP contribution in [0.15, 0.2) is 0 Å². The van der Waals surface area contributed by atoms with Gasteiger partial charge in [-0.1, -0.05) is 0 Å². The molecule has 5 heteroatoms. The SMILES string of the molecule is FC(F)(F)C1CCC(C2CCOC2)NC1. The second kappa shape index (κ2) is 4.29. The fourth-order valence-electron chi connectivity index (χ4n) is 2.43. The van der Waals surface area contributed by atoms with Crippen molar-refractivity contribution >= 4 is 0 Å². The quantitative estimate of drug-likeness (QED) is 0.733. The first-order valence-corrected chi connectivity index (χ1v) is 5.45. The van der Waals surface area contributed by atoms with Crippen LogP contribution in [0.3, 0.4) is 0 Å². The maximum absolute atomic E-state index is 12.4. The fraction of sp³-hybridized carbons (Fsp3) is 1.00. The van der Waals surface area contributed by atoms with Gasteiger partial charge in [-0.2, -0.15) is 13.2 Å². The van der Waals surface area contributed by atoms with Gasteiger partial charge in [0.1, 0.15) is 0 Å². The van der Waals surface area contributed by atoms with Crippen LogP contribution < -0.4 is 5.32 Å². The molecule has 2 aliphatic rings. The highest BCUT2D eigenvalue weighted by atomic mass is 19.4. The monoisotopic (exact) mass is 223 g/mol. The van der Waals surface area contributed by atoms with Crippen molar-refractivity contribution in [1.29, 1.82) is 0 Å². The molecule has 3 unspecified atom stereocenters. The Labute approximate surface area is 87.2 Å². The van der Waals surface area contributed by atoms with Crippen LogP contribution >= 0.6 is 0 Å². The third kappa shape index (κ3) is 2.64. The standard InChI is InChI=1S/C10H16F3NO/c11-10(12,13)8-1-2-9(14-5-8)7-3-4-15-6-7/h7-9,14H,1-6H2. The predicted octanol–water partition coefficient (Wildman–Crippen LogP) is 1.95. The van der Waals surface area contributed by atoms with E-state index >= 15 is 0 Å². The van der Waals surface area contributed by atoms with Crippen LogP contribution in [0.5, 0.6) is 0 Å². The molecule has 1 N–H and O–H groups in total. The normalized spacial score (nSPS) is 38.2. The Kier molecular flexibility index (Phi) is 3.21. The summed E-state index contributed by atoms with van der Waals surface area (Å²) in [4.78, 5) is 0. The third-order valence-electron chi connectivity index (χ3n) is 3.45. The molecule has 0 spiro atoms. The summed E-state index contributed by atoms with van der Waals surface area (Å²) in [6, 6.07) is 0.228. The van der Waals surface area contributed by atoms with Crippen molar-refractivity contribution in [1.82, 2.24) is 5.32 Å². The van der Waals surface area contributed by atoms with Crippen molar-refractivity contribution in [3.63, 3.8) is 0 Å². The molecule has 0 amide bonds. The Morgan fingerprint density at radius 2 is 1.93 bits per heavy atom. The van der Waals surface area contributed by atoms with Crippen LogP contribution in [-0.2, 0) is 4.74 Å². The lowest BCUT2D eigenvalue weighted by Gasteiger charge is -2.33. The minimum atomic E-state index is -4.04. The number of hydrogen-bond acceptors (Lipinski definition) is 2. The molecule has 2 heterocycles. The maximum atomic E-state index is 12.4. The number of rotatable bonds is 1. The number of halogens is 3. The number of nitrogens with one attached hydrogen (secondary N) is 1. The van der Waals surface area contributed by atoms with Crippen LogP contribution in [0, 0.1) is 11.8 Å². The van der Waals surface area contributed by atoms with Gasteiger partial charge in [0.05, 0.1) is 12.5 Å². The van der Waals surface area contributed by atoms with Gasteiger partial charge in [0.2, 0.25) is 0 Å². The van der Waals surface area contributed by atoms with Crippen LogP contribution in [0.1, 0.15) is 19.3 Å². The van der Waals surface area contributed by atoms with Gasteiger partial charge in [0, 0.05) is 19.2 Å². The van der Waals surface area contributed by atoms with Gasteiger partial charge in [-0.25, -0.2) is 0 Å². The Bertz CT molecular complexity index is 205. The molecule has 0 aromatic rings. The van der Waals surface area contributed by atoms with Crippen molar-refractivity contribution in [3.8, 4) is 0 Å². The zero-order chi connectivity index (χ0) is 10.9. The summed E-state index contributed by atoms with van der Waals surface area (Å²) < 4.78 is 42.4. The predicted molar refractivity (Wildman–Crippen MR) is 49.5 cm³/mol. The van der Waals surface area contributed by atoms with Crippen LogP contribution in [0.4, 0.5) is 13.2 Å². The second-order valence-electron chi connectivity index (χ2n) is 4.45. The smallest absolute Gasteiger partial charge is 0.381 e. The van der Waals surface area contributed by atoms with E-state index in [1.54, 1.807) is 0 Å². The highest BCUT2D eigenvalue weighted by Gasteiger charge is 2.42. The van der Waals surface area contributed by atoms with Crippen molar-refractivity contribution in [2.24, 2.45) is 11.8 Å². The van der Waals surface area contributed by atoms with E-state index in [1.165, 1.54) is 0 Å². The third-order valence-corrected chi connectivity index (χ3v) is 3.45. The lowest BCUT2D eigenvalue weighted by atomic mass is 9.87. The van der Waals surface area contributed by atoms with Crippen LogP contribution in [-0.4, -0.2) is 32.0 Å². The summed E-state index contributed by atoms with van der Waals surface area (Å²) in [5.41, 5.74) is 0. The lowest BCUT2D eigenvalue weighted by Crippen LogP contribution is -2.47. The van der Waals surface area contributed by atoms with Gasteiger partial charge in [-0.3, -0.25) is 0 Å². The van der Waals surface area contributed by atoms with Gasteiger partial charge in [0.25, 0.3) is 0 Å². The average molecular weight is 223 g/mol. The number of alkyl halides is 3. The molecule has 2 aliphatic heterocycles. The molecule has 15 heavy (non-hydrogen) atoms. The highest BCUT2D eigenvalue weighted by Crippen LogP contribution is 2.34. The van der Waals surface area contributed by atoms with Crippen molar-refractivity contribution in [2.75, 3.05) is 19.8 Å². The van der Waals surface area contributed by atoms with Crippen molar-refractivity contribution < 1.29 is 17.9 Å². The highest BCUT2D eigenvalue weighted by molar-refractivity contribution is 4.86. The van der Waals surface area contributed by atoms with E-state index in [0.717, 1.165) is 13.0 Å². The summed E-state index contributed by atoms with van der Waals surface area (Å²) >= 11 is 0. The minimum absolute atomic E-state index is 0.0741. The van der Waals surface area contributed by atoms with E-state index in [0.29, 0.717) is 18.9 Å². The number of hydrogen-bond donors (Lipinski definition) is 1. The lowest BCUT2D eigenvalue weighted by molar-refractivity contribution is -0.180. The van der Waals surface area contributed by atoms with Crippen molar-refractivity contribution in [2.45, 2.75) is 31.5 Å². The average Bonchev–Trinajstić information content (AvgIpc) is 2.69. The second-order valence-corrected chi connectivity index (χ2v) is 4.45. The molecule has 2 nitrogen and oxygen atoms in total. The number of piperidine rings is 1. The molecule has 0 aliphatic carbocycles. The Morgan fingerprint density at radius 1 is 1.13 bits per heavy atom. The molecule has 88 valence electrons. The molecule has 2 rings (SSSR count). The van der Waals surface area contributed by atoms with E-state index in [4.69, 9.17) is 4.74 Å². The molecule has 0 aromatic carbocycles. The summed E-state index contributed by atoms with van der Waals surface area (Å²) in [6.45, 7) is 1.53. The van der Waals surface area contributed by atoms with Crippen LogP contribution in [0.25, 0.3) is 0 Å². The molecule has 0 saturated carbocycles. The number of ether oxygens (including phenoxy) is 1. The van der Waals surface area contributed by atoms with E-state index < -0.39 is 12.1 Å². The molecule has 0 radical (unpaired) electrons. The molecule has 0 bridgehead atoms. The topological polar surface area (TPSA) is 21.3 Å². The zero-order valence-corrected chi connectivity index (χ0v) is 8.52. The molecular weight excluding hydrogens is 207 g/mol. The van der Waals surface area contributed by atoms with Gasteiger partial charge < -0.3 is 10.1 Å². The van der Waals surface area contributed by atoms with E-state index in [-0.39, 0.29) is 19.0 Å². The van der Waals surface area contributed by atoms with Gasteiger partial charge in [0.15, 0.2) is 0 Å². The van der Waals surface area contributed by atoms with Crippen molar-refractivity contribution in [3.05, 3.63) is 0 Å². The van der Waals surface area contributed by atoms with E-state index in [1.807, 2.05) is 0 Å². The van der Waals surface area contributed by atoms with Crippen LogP contribution in [0.2, 0.25) is 0 Å².